The highest BCUT2D eigenvalue weighted by molar-refractivity contribution is 6.09. The van der Waals surface area contributed by atoms with Gasteiger partial charge in [0.2, 0.25) is 5.91 Å². The number of benzene rings is 1. The van der Waals surface area contributed by atoms with Gasteiger partial charge >= 0.3 is 6.18 Å². The number of amides is 3. The topological polar surface area (TPSA) is 105 Å². The first-order chi connectivity index (χ1) is 16.0. The van der Waals surface area contributed by atoms with Crippen LogP contribution in [0.5, 0.6) is 0 Å². The summed E-state index contributed by atoms with van der Waals surface area (Å²) < 4.78 is 46.5. The Hall–Kier alpha value is -2.66. The van der Waals surface area contributed by atoms with Gasteiger partial charge in [0, 0.05) is 25.3 Å². The molecule has 0 aromatic heterocycles. The first-order valence-electron chi connectivity index (χ1n) is 11.4. The van der Waals surface area contributed by atoms with Crippen molar-refractivity contribution < 1.29 is 32.3 Å². The zero-order chi connectivity index (χ0) is 25.0. The molecule has 1 aromatic rings. The first-order valence-corrected chi connectivity index (χ1v) is 11.4. The Morgan fingerprint density at radius 1 is 1.29 bits per heavy atom. The summed E-state index contributed by atoms with van der Waals surface area (Å²) in [4.78, 5) is 40.1. The van der Waals surface area contributed by atoms with Gasteiger partial charge in [-0.3, -0.25) is 19.3 Å². The quantitative estimate of drug-likeness (QED) is 0.525. The second-order valence-electron chi connectivity index (χ2n) is 9.27. The Morgan fingerprint density at radius 3 is 2.53 bits per heavy atom. The highest BCUT2D eigenvalue weighted by atomic mass is 19.4. The van der Waals surface area contributed by atoms with Gasteiger partial charge in [0.05, 0.1) is 17.9 Å². The average molecular weight is 485 g/mol. The molecule has 0 radical (unpaired) electrons. The molecule has 2 fully saturated rings. The summed E-state index contributed by atoms with van der Waals surface area (Å²) in [7, 11) is 0. The number of hydrogen-bond donors (Lipinski definition) is 2. The molecule has 1 aromatic carbocycles. The summed E-state index contributed by atoms with van der Waals surface area (Å²) in [6, 6.07) is 1.88. The van der Waals surface area contributed by atoms with Crippen LogP contribution in [0.1, 0.15) is 38.7 Å². The summed E-state index contributed by atoms with van der Waals surface area (Å²) in [6.45, 7) is 4.67. The van der Waals surface area contributed by atoms with E-state index >= 15 is 0 Å². The molecule has 1 saturated heterocycles. The number of morpholine rings is 1. The van der Waals surface area contributed by atoms with E-state index in [4.69, 9.17) is 10.5 Å². The number of alkyl halides is 3. The number of carbonyl (C=O) groups excluding carboxylic acids is 3. The second kappa shape index (κ2) is 10.7. The molecule has 2 aliphatic rings. The zero-order valence-electron chi connectivity index (χ0n) is 19.4. The number of nitrogens with one attached hydrogen (secondary N) is 1. The van der Waals surface area contributed by atoms with Crippen molar-refractivity contribution in [1.82, 2.24) is 4.90 Å². The summed E-state index contributed by atoms with van der Waals surface area (Å²) in [5, 5.41) is 2.43. The minimum absolute atomic E-state index is 0.0112. The van der Waals surface area contributed by atoms with Crippen molar-refractivity contribution in [3.8, 4) is 0 Å². The van der Waals surface area contributed by atoms with E-state index in [1.165, 1.54) is 6.07 Å². The molecule has 0 unspecified atom stereocenters. The molecule has 188 valence electrons. The minimum Gasteiger partial charge on any atom is -0.370 e. The predicted molar refractivity (Wildman–Crippen MR) is 120 cm³/mol. The Bertz CT molecular complexity index is 918. The van der Waals surface area contributed by atoms with Crippen LogP contribution >= 0.6 is 0 Å². The van der Waals surface area contributed by atoms with Crippen molar-refractivity contribution in [3.05, 3.63) is 23.8 Å². The number of ether oxygens (including phenoxy) is 1. The molecule has 0 bridgehead atoms. The van der Waals surface area contributed by atoms with Gasteiger partial charge in [0.15, 0.2) is 6.04 Å². The van der Waals surface area contributed by atoms with Crippen LogP contribution in [0, 0.1) is 11.8 Å². The molecule has 1 heterocycles. The maximum atomic E-state index is 13.8. The van der Waals surface area contributed by atoms with Crippen LogP contribution in [-0.4, -0.2) is 61.5 Å². The Balaban J connectivity index is 1.86. The molecule has 1 aliphatic heterocycles. The maximum Gasteiger partial charge on any atom is 0.418 e. The molecule has 3 rings (SSSR count). The largest absolute Gasteiger partial charge is 0.418 e. The van der Waals surface area contributed by atoms with Crippen LogP contribution in [0.4, 0.5) is 24.5 Å². The van der Waals surface area contributed by atoms with Crippen LogP contribution in [0.3, 0.4) is 0 Å². The van der Waals surface area contributed by atoms with Crippen LogP contribution in [0.15, 0.2) is 18.2 Å². The van der Waals surface area contributed by atoms with Crippen molar-refractivity contribution in [2.24, 2.45) is 17.6 Å². The van der Waals surface area contributed by atoms with E-state index < -0.39 is 35.5 Å². The predicted octanol–water partition coefficient (Wildman–Crippen LogP) is 2.62. The van der Waals surface area contributed by atoms with E-state index in [1.54, 1.807) is 4.90 Å². The van der Waals surface area contributed by atoms with Gasteiger partial charge < -0.3 is 20.7 Å². The normalized spacial score (nSPS) is 18.2. The van der Waals surface area contributed by atoms with Crippen molar-refractivity contribution in [2.45, 2.75) is 45.3 Å². The lowest BCUT2D eigenvalue weighted by Crippen LogP contribution is -2.54. The van der Waals surface area contributed by atoms with E-state index in [0.717, 1.165) is 36.3 Å². The lowest BCUT2D eigenvalue weighted by atomic mass is 9.84. The third-order valence-corrected chi connectivity index (χ3v) is 6.05. The monoisotopic (exact) mass is 484 g/mol. The summed E-state index contributed by atoms with van der Waals surface area (Å²) in [5.74, 6) is -1.71. The van der Waals surface area contributed by atoms with E-state index in [9.17, 15) is 27.6 Å². The standard InChI is InChI=1S/C23H31F3N4O4/c1-14(2)11-29(12-15-4-3-5-15)20(21(27)32)22(33)28-16-6-7-18(17(10-16)23(24,25)26)30-8-9-34-13-19(30)31/h6-7,10,14-15,20H,3-5,8-9,11-13H2,1-2H3,(H2,27,32)(H,28,33)/t20-/m1/s1. The molecule has 34 heavy (non-hydrogen) atoms. The molecule has 3 N–H and O–H groups in total. The Kier molecular flexibility index (Phi) is 8.19. The van der Waals surface area contributed by atoms with Crippen molar-refractivity contribution in [2.75, 3.05) is 43.1 Å². The van der Waals surface area contributed by atoms with Crippen LogP contribution < -0.4 is 16.0 Å². The molecule has 3 amide bonds. The fraction of sp³-hybridized carbons (Fsp3) is 0.609. The van der Waals surface area contributed by atoms with Crippen LogP contribution in [0.25, 0.3) is 0 Å². The zero-order valence-corrected chi connectivity index (χ0v) is 19.4. The molecule has 8 nitrogen and oxygen atoms in total. The molecule has 1 saturated carbocycles. The smallest absolute Gasteiger partial charge is 0.370 e. The van der Waals surface area contributed by atoms with Gasteiger partial charge in [-0.1, -0.05) is 20.3 Å². The first kappa shape index (κ1) is 26.0. The van der Waals surface area contributed by atoms with E-state index in [2.05, 4.69) is 5.32 Å². The molecular weight excluding hydrogens is 453 g/mol. The highest BCUT2D eigenvalue weighted by Crippen LogP contribution is 2.39. The number of halogens is 3. The summed E-state index contributed by atoms with van der Waals surface area (Å²) in [6.07, 6.45) is -1.69. The van der Waals surface area contributed by atoms with Crippen molar-refractivity contribution in [1.29, 1.82) is 0 Å². The second-order valence-corrected chi connectivity index (χ2v) is 9.27. The lowest BCUT2D eigenvalue weighted by Gasteiger charge is -2.36. The Morgan fingerprint density at radius 2 is 2.00 bits per heavy atom. The molecular formula is C23H31F3N4O4. The SMILES string of the molecule is CC(C)CN(CC1CCC1)[C@H](C(N)=O)C(=O)Nc1ccc(N2CCOCC2=O)c(C(F)(F)F)c1. The van der Waals surface area contributed by atoms with E-state index in [0.29, 0.717) is 19.0 Å². The third kappa shape index (κ3) is 6.26. The number of primary amides is 1. The number of nitrogens with zero attached hydrogens (tertiary/aromatic N) is 2. The van der Waals surface area contributed by atoms with Gasteiger partial charge in [0.25, 0.3) is 11.8 Å². The van der Waals surface area contributed by atoms with Crippen LogP contribution in [0.2, 0.25) is 0 Å². The molecule has 1 atom stereocenters. The van der Waals surface area contributed by atoms with Gasteiger partial charge in [-0.05, 0) is 42.9 Å². The van der Waals surface area contributed by atoms with Gasteiger partial charge in [-0.2, -0.15) is 13.2 Å². The van der Waals surface area contributed by atoms with Crippen molar-refractivity contribution in [3.63, 3.8) is 0 Å². The Labute approximate surface area is 196 Å². The maximum absolute atomic E-state index is 13.8. The molecule has 1 aliphatic carbocycles. The summed E-state index contributed by atoms with van der Waals surface area (Å²) in [5.41, 5.74) is 4.05. The number of carbonyl (C=O) groups is 3. The minimum atomic E-state index is -4.77. The average Bonchev–Trinajstić information content (AvgIpc) is 2.70. The number of hydrogen-bond acceptors (Lipinski definition) is 5. The van der Waals surface area contributed by atoms with E-state index in [-0.39, 0.29) is 37.1 Å². The number of nitrogens with two attached hydrogens (primary N) is 1. The third-order valence-electron chi connectivity index (χ3n) is 6.05. The fourth-order valence-corrected chi connectivity index (χ4v) is 4.30. The molecule has 11 heteroatoms. The highest BCUT2D eigenvalue weighted by Gasteiger charge is 2.38. The van der Waals surface area contributed by atoms with Gasteiger partial charge in [-0.25, -0.2) is 0 Å². The fourth-order valence-electron chi connectivity index (χ4n) is 4.30. The number of anilines is 2. The summed E-state index contributed by atoms with van der Waals surface area (Å²) >= 11 is 0. The molecule has 0 spiro atoms. The van der Waals surface area contributed by atoms with Crippen LogP contribution in [-0.2, 0) is 25.3 Å². The van der Waals surface area contributed by atoms with E-state index in [1.807, 2.05) is 13.8 Å². The van der Waals surface area contributed by atoms with Gasteiger partial charge in [0.1, 0.15) is 6.61 Å². The van der Waals surface area contributed by atoms with Crippen molar-refractivity contribution >= 4 is 29.1 Å². The van der Waals surface area contributed by atoms with Gasteiger partial charge in [-0.15, -0.1) is 0 Å². The lowest BCUT2D eigenvalue weighted by molar-refractivity contribution is -0.138. The number of rotatable bonds is 9.